The maximum absolute atomic E-state index is 12.3. The smallest absolute Gasteiger partial charge is 0.268 e. The number of amides is 2. The molecule has 2 aromatic carbocycles. The van der Waals surface area contributed by atoms with Crippen LogP contribution in [0.2, 0.25) is 10.0 Å². The molecule has 1 heterocycles. The lowest BCUT2D eigenvalue weighted by atomic mass is 10.3. The monoisotopic (exact) mass is 398 g/mol. The third kappa shape index (κ3) is 3.54. The van der Waals surface area contributed by atoms with Crippen molar-refractivity contribution in [3.63, 3.8) is 0 Å². The van der Waals surface area contributed by atoms with E-state index in [9.17, 15) is 9.59 Å². The van der Waals surface area contributed by atoms with Crippen molar-refractivity contribution in [1.82, 2.24) is 0 Å². The van der Waals surface area contributed by atoms with Gasteiger partial charge in [0, 0.05) is 9.92 Å². The van der Waals surface area contributed by atoms with Gasteiger partial charge in [0.1, 0.15) is 9.94 Å². The van der Waals surface area contributed by atoms with Gasteiger partial charge in [-0.25, -0.2) is 0 Å². The summed E-state index contributed by atoms with van der Waals surface area (Å²) in [6.45, 7) is 0. The minimum atomic E-state index is -0.627. The highest BCUT2D eigenvalue weighted by Gasteiger charge is 2.26. The molecule has 4 nitrogen and oxygen atoms in total. The van der Waals surface area contributed by atoms with Gasteiger partial charge in [0.25, 0.3) is 11.8 Å². The number of hydrogen-bond acceptors (Lipinski definition) is 3. The highest BCUT2D eigenvalue weighted by atomic mass is 35.5. The van der Waals surface area contributed by atoms with Crippen LogP contribution >= 0.6 is 46.6 Å². The fourth-order valence-corrected chi connectivity index (χ4v) is 3.64. The average Bonchev–Trinajstić information content (AvgIpc) is 2.56. The summed E-state index contributed by atoms with van der Waals surface area (Å²) in [5.41, 5.74) is 1.04. The molecule has 2 N–H and O–H groups in total. The molecular formula is C16H9Cl3N2O2S. The lowest BCUT2D eigenvalue weighted by Crippen LogP contribution is -2.22. The van der Waals surface area contributed by atoms with E-state index in [2.05, 4.69) is 10.6 Å². The fraction of sp³-hybridized carbons (Fsp3) is 0. The van der Waals surface area contributed by atoms with Gasteiger partial charge in [0.2, 0.25) is 0 Å². The summed E-state index contributed by atoms with van der Waals surface area (Å²) in [5.74, 6) is -1.06. The third-order valence-corrected chi connectivity index (χ3v) is 5.32. The number of carbonyl (C=O) groups excluding carboxylic acids is 2. The molecule has 0 spiro atoms. The number of fused-ring (bicyclic) bond motifs is 1. The first-order valence-corrected chi connectivity index (χ1v) is 8.65. The largest absolute Gasteiger partial charge is 0.320 e. The zero-order chi connectivity index (χ0) is 17.3. The summed E-state index contributed by atoms with van der Waals surface area (Å²) in [6.07, 6.45) is 0. The van der Waals surface area contributed by atoms with Crippen LogP contribution in [0, 0.1) is 0 Å². The Morgan fingerprint density at radius 3 is 2.62 bits per heavy atom. The topological polar surface area (TPSA) is 58.2 Å². The van der Waals surface area contributed by atoms with Gasteiger partial charge in [-0.3, -0.25) is 9.59 Å². The summed E-state index contributed by atoms with van der Waals surface area (Å²) in [4.78, 5) is 25.4. The number of nitrogens with one attached hydrogen (secondary N) is 2. The van der Waals surface area contributed by atoms with E-state index in [-0.39, 0.29) is 15.0 Å². The third-order valence-electron chi connectivity index (χ3n) is 3.13. The van der Waals surface area contributed by atoms with E-state index in [1.165, 1.54) is 6.07 Å². The quantitative estimate of drug-likeness (QED) is 0.689. The van der Waals surface area contributed by atoms with E-state index in [4.69, 9.17) is 34.8 Å². The Labute approximate surface area is 157 Å². The van der Waals surface area contributed by atoms with Gasteiger partial charge >= 0.3 is 0 Å². The number of thioether (sulfide) groups is 1. The molecule has 24 heavy (non-hydrogen) atoms. The van der Waals surface area contributed by atoms with Crippen molar-refractivity contribution < 1.29 is 9.59 Å². The Balaban J connectivity index is 1.87. The first-order valence-electron chi connectivity index (χ1n) is 6.70. The molecule has 2 amide bonds. The molecule has 122 valence electrons. The van der Waals surface area contributed by atoms with Crippen LogP contribution in [0.3, 0.4) is 0 Å². The number of carbonyl (C=O) groups is 2. The molecule has 0 aromatic heterocycles. The van der Waals surface area contributed by atoms with Gasteiger partial charge < -0.3 is 10.6 Å². The predicted molar refractivity (Wildman–Crippen MR) is 98.9 cm³/mol. The van der Waals surface area contributed by atoms with Gasteiger partial charge in [-0.05, 0) is 30.3 Å². The Kier molecular flexibility index (Phi) is 5.06. The van der Waals surface area contributed by atoms with E-state index < -0.39 is 11.8 Å². The van der Waals surface area contributed by atoms with E-state index in [1.807, 2.05) is 18.2 Å². The second kappa shape index (κ2) is 7.07. The Bertz CT molecular complexity index is 883. The Morgan fingerprint density at radius 1 is 1.12 bits per heavy atom. The van der Waals surface area contributed by atoms with Crippen LogP contribution in [0.4, 0.5) is 11.4 Å². The van der Waals surface area contributed by atoms with Crippen LogP contribution in [0.25, 0.3) is 0 Å². The van der Waals surface area contributed by atoms with Crippen LogP contribution in [0.1, 0.15) is 0 Å². The molecular weight excluding hydrogens is 391 g/mol. The van der Waals surface area contributed by atoms with E-state index in [0.717, 1.165) is 16.7 Å². The zero-order valence-electron chi connectivity index (χ0n) is 11.9. The maximum Gasteiger partial charge on any atom is 0.268 e. The molecule has 0 radical (unpaired) electrons. The zero-order valence-corrected chi connectivity index (χ0v) is 15.0. The predicted octanol–water partition coefficient (Wildman–Crippen LogP) is 5.13. The minimum absolute atomic E-state index is 0.123. The van der Waals surface area contributed by atoms with Crippen LogP contribution in [0.15, 0.2) is 57.3 Å². The number of halogens is 3. The van der Waals surface area contributed by atoms with Gasteiger partial charge in [0.15, 0.2) is 0 Å². The summed E-state index contributed by atoms with van der Waals surface area (Å²) in [7, 11) is 0. The molecule has 0 saturated carbocycles. The number of hydrogen-bond donors (Lipinski definition) is 2. The Hall–Kier alpha value is -1.66. The molecule has 0 aliphatic carbocycles. The van der Waals surface area contributed by atoms with E-state index in [0.29, 0.717) is 16.4 Å². The summed E-state index contributed by atoms with van der Waals surface area (Å²) < 4.78 is 0. The van der Waals surface area contributed by atoms with Crippen LogP contribution < -0.4 is 10.6 Å². The number of anilines is 2. The molecule has 3 rings (SSSR count). The standard InChI is InChI=1S/C16H9Cl3N2O2S/c17-8-5-6-10(9(18)7-8)20-15(22)13(19)14-16(23)21-11-3-1-2-4-12(11)24-14/h1-7H,(H,20,22)(H,21,23)/b14-13-. The van der Waals surface area contributed by atoms with Crippen molar-refractivity contribution in [2.75, 3.05) is 10.6 Å². The second-order valence-corrected chi connectivity index (χ2v) is 7.05. The molecule has 0 unspecified atom stereocenters. The van der Waals surface area contributed by atoms with Crippen LogP contribution in [-0.2, 0) is 9.59 Å². The van der Waals surface area contributed by atoms with Crippen molar-refractivity contribution in [2.45, 2.75) is 4.90 Å². The molecule has 1 aliphatic heterocycles. The average molecular weight is 400 g/mol. The highest BCUT2D eigenvalue weighted by Crippen LogP contribution is 2.40. The van der Waals surface area contributed by atoms with E-state index >= 15 is 0 Å². The maximum atomic E-state index is 12.3. The van der Waals surface area contributed by atoms with Gasteiger partial charge in [0.05, 0.1) is 16.4 Å². The lowest BCUT2D eigenvalue weighted by Gasteiger charge is -2.19. The minimum Gasteiger partial charge on any atom is -0.320 e. The first kappa shape index (κ1) is 17.2. The summed E-state index contributed by atoms with van der Waals surface area (Å²) >= 11 is 19.1. The van der Waals surface area contributed by atoms with Gasteiger partial charge in [-0.15, -0.1) is 0 Å². The number of para-hydroxylation sites is 1. The first-order chi connectivity index (χ1) is 11.5. The molecule has 1 aliphatic rings. The summed E-state index contributed by atoms with van der Waals surface area (Å²) in [6, 6.07) is 11.9. The molecule has 2 aromatic rings. The van der Waals surface area contributed by atoms with E-state index in [1.54, 1.807) is 18.2 Å². The molecule has 0 fully saturated rings. The van der Waals surface area contributed by atoms with Crippen molar-refractivity contribution in [3.05, 3.63) is 62.4 Å². The van der Waals surface area contributed by atoms with Crippen LogP contribution in [-0.4, -0.2) is 11.8 Å². The number of rotatable bonds is 2. The molecule has 0 atom stereocenters. The SMILES string of the molecule is O=C(Nc1ccc(Cl)cc1Cl)/C(Cl)=C1/Sc2ccccc2NC1=O. The molecule has 8 heteroatoms. The highest BCUT2D eigenvalue weighted by molar-refractivity contribution is 8.04. The van der Waals surface area contributed by atoms with Crippen LogP contribution in [0.5, 0.6) is 0 Å². The Morgan fingerprint density at radius 2 is 1.88 bits per heavy atom. The van der Waals surface area contributed by atoms with Gasteiger partial charge in [-0.1, -0.05) is 58.7 Å². The molecule has 0 saturated heterocycles. The number of benzene rings is 2. The molecule has 0 bridgehead atoms. The van der Waals surface area contributed by atoms with Gasteiger partial charge in [-0.2, -0.15) is 0 Å². The van der Waals surface area contributed by atoms with Crippen molar-refractivity contribution in [2.24, 2.45) is 0 Å². The lowest BCUT2D eigenvalue weighted by molar-refractivity contribution is -0.114. The summed E-state index contributed by atoms with van der Waals surface area (Å²) in [5, 5.41) is 5.78. The fourth-order valence-electron chi connectivity index (χ4n) is 2.01. The second-order valence-electron chi connectivity index (χ2n) is 4.77. The normalized spacial score (nSPS) is 15.4. The van der Waals surface area contributed by atoms with Crippen molar-refractivity contribution in [1.29, 1.82) is 0 Å². The van der Waals surface area contributed by atoms with Crippen molar-refractivity contribution >= 4 is 69.8 Å². The van der Waals surface area contributed by atoms with Crippen molar-refractivity contribution in [3.8, 4) is 0 Å².